The molecule has 1 aromatic heterocycles. The molecule has 0 atom stereocenters. The van der Waals surface area contributed by atoms with E-state index in [1.54, 1.807) is 32.4 Å². The van der Waals surface area contributed by atoms with Gasteiger partial charge in [-0.2, -0.15) is 0 Å². The van der Waals surface area contributed by atoms with Crippen molar-refractivity contribution in [2.45, 2.75) is 32.9 Å². The zero-order chi connectivity index (χ0) is 21.8. The Morgan fingerprint density at radius 3 is 2.60 bits per heavy atom. The number of fused-ring (bicyclic) bond motifs is 1. The molecule has 0 spiro atoms. The number of thiophene rings is 1. The largest absolute Gasteiger partial charge is 0.493 e. The highest BCUT2D eigenvalue weighted by Crippen LogP contribution is 2.37. The first-order valence-corrected chi connectivity index (χ1v) is 10.5. The maximum absolute atomic E-state index is 12.5. The van der Waals surface area contributed by atoms with Crippen LogP contribution in [0, 0.1) is 0 Å². The van der Waals surface area contributed by atoms with Gasteiger partial charge in [-0.05, 0) is 49.6 Å². The van der Waals surface area contributed by atoms with Gasteiger partial charge in [0.15, 0.2) is 11.5 Å². The molecular formula is C22H27N3O4S. The first-order chi connectivity index (χ1) is 14.3. The molecule has 1 aromatic carbocycles. The third-order valence-electron chi connectivity index (χ3n) is 5.13. The van der Waals surface area contributed by atoms with Gasteiger partial charge in [0.05, 0.1) is 19.8 Å². The molecule has 8 heteroatoms. The number of amides is 2. The number of nitrogens with zero attached hydrogens (tertiary/aromatic N) is 1. The number of primary amides is 1. The molecule has 160 valence electrons. The highest BCUT2D eigenvalue weighted by Gasteiger charge is 2.28. The second kappa shape index (κ2) is 9.32. The van der Waals surface area contributed by atoms with Crippen molar-refractivity contribution in [3.63, 3.8) is 0 Å². The third kappa shape index (κ3) is 4.66. The molecule has 0 fully saturated rings. The molecule has 3 rings (SSSR count). The van der Waals surface area contributed by atoms with Crippen LogP contribution < -0.4 is 20.5 Å². The maximum atomic E-state index is 12.5. The van der Waals surface area contributed by atoms with E-state index in [9.17, 15) is 9.59 Å². The van der Waals surface area contributed by atoms with E-state index >= 15 is 0 Å². The van der Waals surface area contributed by atoms with E-state index in [4.69, 9.17) is 15.2 Å². The minimum atomic E-state index is -0.510. The Hall–Kier alpha value is -2.84. The van der Waals surface area contributed by atoms with Crippen molar-refractivity contribution in [3.8, 4) is 11.5 Å². The van der Waals surface area contributed by atoms with E-state index in [1.807, 2.05) is 6.07 Å². The van der Waals surface area contributed by atoms with Crippen molar-refractivity contribution in [1.29, 1.82) is 0 Å². The third-order valence-corrected chi connectivity index (χ3v) is 6.27. The average molecular weight is 430 g/mol. The summed E-state index contributed by atoms with van der Waals surface area (Å²) in [6, 6.07) is 5.79. The van der Waals surface area contributed by atoms with Crippen molar-refractivity contribution in [2.75, 3.05) is 26.1 Å². The molecule has 2 heterocycles. The summed E-state index contributed by atoms with van der Waals surface area (Å²) in [7, 11) is 3.13. The normalized spacial score (nSPS) is 14.0. The van der Waals surface area contributed by atoms with E-state index in [1.165, 1.54) is 17.4 Å². The molecule has 0 saturated heterocycles. The van der Waals surface area contributed by atoms with Crippen LogP contribution in [0.25, 0.3) is 6.08 Å². The number of methoxy groups -OCH3 is 2. The zero-order valence-electron chi connectivity index (χ0n) is 17.7. The second-order valence-corrected chi connectivity index (χ2v) is 8.43. The molecule has 3 N–H and O–H groups in total. The average Bonchev–Trinajstić information content (AvgIpc) is 3.08. The SMILES string of the molecule is COc1ccc(/C=C/C(=O)Nc2sc3c(c2C(N)=O)CCN(C(C)C)C3)cc1OC. The van der Waals surface area contributed by atoms with Crippen molar-refractivity contribution < 1.29 is 19.1 Å². The van der Waals surface area contributed by atoms with Gasteiger partial charge >= 0.3 is 0 Å². The van der Waals surface area contributed by atoms with Crippen molar-refractivity contribution in [3.05, 3.63) is 45.8 Å². The Labute approximate surface area is 180 Å². The second-order valence-electron chi connectivity index (χ2n) is 7.32. The molecule has 1 aliphatic heterocycles. The fraction of sp³-hybridized carbons (Fsp3) is 0.364. The molecule has 2 aromatic rings. The lowest BCUT2D eigenvalue weighted by molar-refractivity contribution is -0.111. The number of hydrogen-bond acceptors (Lipinski definition) is 6. The van der Waals surface area contributed by atoms with Gasteiger partial charge in [0, 0.05) is 30.1 Å². The number of nitrogens with two attached hydrogens (primary N) is 1. The van der Waals surface area contributed by atoms with Gasteiger partial charge in [-0.1, -0.05) is 6.07 Å². The van der Waals surface area contributed by atoms with E-state index in [2.05, 4.69) is 24.1 Å². The lowest BCUT2D eigenvalue weighted by Crippen LogP contribution is -2.35. The van der Waals surface area contributed by atoms with Gasteiger partial charge in [0.2, 0.25) is 5.91 Å². The number of carbonyl (C=O) groups is 2. The van der Waals surface area contributed by atoms with E-state index in [0.717, 1.165) is 35.5 Å². The van der Waals surface area contributed by atoms with Crippen LogP contribution in [0.4, 0.5) is 5.00 Å². The van der Waals surface area contributed by atoms with Gasteiger partial charge in [-0.25, -0.2) is 0 Å². The maximum Gasteiger partial charge on any atom is 0.251 e. The number of anilines is 1. The molecule has 0 radical (unpaired) electrons. The molecule has 0 saturated carbocycles. The van der Waals surface area contributed by atoms with Gasteiger partial charge in [-0.15, -0.1) is 11.3 Å². The van der Waals surface area contributed by atoms with Gasteiger partial charge < -0.3 is 20.5 Å². The minimum Gasteiger partial charge on any atom is -0.493 e. The van der Waals surface area contributed by atoms with Crippen molar-refractivity contribution in [1.82, 2.24) is 4.90 Å². The van der Waals surface area contributed by atoms with Crippen LogP contribution in [0.3, 0.4) is 0 Å². The number of hydrogen-bond donors (Lipinski definition) is 2. The standard InChI is InChI=1S/C22H27N3O4S/c1-13(2)25-10-9-15-18(12-25)30-22(20(15)21(23)27)24-19(26)8-6-14-5-7-16(28-3)17(11-14)29-4/h5-8,11,13H,9-10,12H2,1-4H3,(H2,23,27)(H,24,26)/b8-6+. The Kier molecular flexibility index (Phi) is 6.79. The number of benzene rings is 1. The summed E-state index contributed by atoms with van der Waals surface area (Å²) in [6.07, 6.45) is 3.85. The summed E-state index contributed by atoms with van der Waals surface area (Å²) in [5.41, 5.74) is 7.82. The number of carbonyl (C=O) groups excluding carboxylic acids is 2. The van der Waals surface area contributed by atoms with Crippen LogP contribution in [-0.2, 0) is 17.8 Å². The Morgan fingerprint density at radius 1 is 1.23 bits per heavy atom. The van der Waals surface area contributed by atoms with Crippen LogP contribution >= 0.6 is 11.3 Å². The summed E-state index contributed by atoms with van der Waals surface area (Å²) in [4.78, 5) is 28.0. The minimum absolute atomic E-state index is 0.327. The number of rotatable bonds is 7. The smallest absolute Gasteiger partial charge is 0.251 e. The zero-order valence-corrected chi connectivity index (χ0v) is 18.5. The fourth-order valence-electron chi connectivity index (χ4n) is 3.49. The van der Waals surface area contributed by atoms with Gasteiger partial charge in [0.1, 0.15) is 5.00 Å². The summed E-state index contributed by atoms with van der Waals surface area (Å²) in [6.45, 7) is 5.92. The van der Waals surface area contributed by atoms with Gasteiger partial charge in [0.25, 0.3) is 5.91 Å². The molecule has 2 amide bonds. The molecular weight excluding hydrogens is 402 g/mol. The number of ether oxygens (including phenoxy) is 2. The predicted molar refractivity (Wildman–Crippen MR) is 119 cm³/mol. The van der Waals surface area contributed by atoms with Crippen LogP contribution in [0.2, 0.25) is 0 Å². The summed E-state index contributed by atoms with van der Waals surface area (Å²) in [5, 5.41) is 3.35. The van der Waals surface area contributed by atoms with Crippen molar-refractivity contribution >= 4 is 34.2 Å². The highest BCUT2D eigenvalue weighted by molar-refractivity contribution is 7.17. The molecule has 0 aliphatic carbocycles. The Morgan fingerprint density at radius 2 is 1.97 bits per heavy atom. The summed E-state index contributed by atoms with van der Waals surface area (Å²) in [5.74, 6) is 0.359. The Balaban J connectivity index is 1.78. The van der Waals surface area contributed by atoms with E-state index in [-0.39, 0.29) is 5.91 Å². The first-order valence-electron chi connectivity index (χ1n) is 9.73. The molecule has 30 heavy (non-hydrogen) atoms. The summed E-state index contributed by atoms with van der Waals surface area (Å²) >= 11 is 1.43. The molecule has 0 bridgehead atoms. The summed E-state index contributed by atoms with van der Waals surface area (Å²) < 4.78 is 10.5. The predicted octanol–water partition coefficient (Wildman–Crippen LogP) is 3.28. The van der Waals surface area contributed by atoms with E-state index < -0.39 is 5.91 Å². The monoisotopic (exact) mass is 429 g/mol. The van der Waals surface area contributed by atoms with E-state index in [0.29, 0.717) is 28.1 Å². The van der Waals surface area contributed by atoms with Crippen LogP contribution in [0.5, 0.6) is 11.5 Å². The number of nitrogens with one attached hydrogen (secondary N) is 1. The lowest BCUT2D eigenvalue weighted by atomic mass is 10.0. The van der Waals surface area contributed by atoms with Crippen LogP contribution in [-0.4, -0.2) is 43.5 Å². The fourth-order valence-corrected chi connectivity index (χ4v) is 4.78. The first kappa shape index (κ1) is 21.9. The lowest BCUT2D eigenvalue weighted by Gasteiger charge is -2.30. The molecule has 7 nitrogen and oxygen atoms in total. The van der Waals surface area contributed by atoms with Gasteiger partial charge in [-0.3, -0.25) is 14.5 Å². The van der Waals surface area contributed by atoms with Crippen LogP contribution in [0.1, 0.15) is 40.2 Å². The van der Waals surface area contributed by atoms with Crippen molar-refractivity contribution in [2.24, 2.45) is 5.73 Å². The quantitative estimate of drug-likeness (QED) is 0.659. The topological polar surface area (TPSA) is 93.9 Å². The molecule has 0 unspecified atom stereocenters. The highest BCUT2D eigenvalue weighted by atomic mass is 32.1. The molecule has 1 aliphatic rings. The van der Waals surface area contributed by atoms with Crippen LogP contribution in [0.15, 0.2) is 24.3 Å². The Bertz CT molecular complexity index is 981.